The summed E-state index contributed by atoms with van der Waals surface area (Å²) < 4.78 is 28.9. The van der Waals surface area contributed by atoms with Crippen molar-refractivity contribution in [3.63, 3.8) is 0 Å². The molecule has 2 fully saturated rings. The minimum absolute atomic E-state index is 0. The average molecular weight is 327 g/mol. The Hall–Kier alpha value is -1.66. The summed E-state index contributed by atoms with van der Waals surface area (Å²) in [5.74, 6) is -1.56. The zero-order valence-corrected chi connectivity index (χ0v) is 12.7. The summed E-state index contributed by atoms with van der Waals surface area (Å²) in [5.41, 5.74) is 1.18. The maximum Gasteiger partial charge on any atom is 0.182 e. The van der Waals surface area contributed by atoms with E-state index in [1.807, 2.05) is 4.90 Å². The molecule has 3 heterocycles. The van der Waals surface area contributed by atoms with Crippen molar-refractivity contribution in [1.29, 1.82) is 0 Å². The van der Waals surface area contributed by atoms with Crippen LogP contribution in [0.15, 0.2) is 24.5 Å². The van der Waals surface area contributed by atoms with Crippen LogP contribution in [0, 0.1) is 11.6 Å². The third-order valence-corrected chi connectivity index (χ3v) is 4.53. The van der Waals surface area contributed by atoms with Crippen molar-refractivity contribution in [1.82, 2.24) is 15.5 Å². The number of halogens is 3. The van der Waals surface area contributed by atoms with Crippen LogP contribution in [0.2, 0.25) is 0 Å². The van der Waals surface area contributed by atoms with Gasteiger partial charge in [-0.1, -0.05) is 0 Å². The molecule has 2 aliphatic rings. The Bertz CT molecular complexity index is 646. The fourth-order valence-corrected chi connectivity index (χ4v) is 3.53. The summed E-state index contributed by atoms with van der Waals surface area (Å²) in [6.45, 7) is 1.67. The number of nitrogens with one attached hydrogen (secondary N) is 2. The standard InChI is InChI=1S/C15H16F2N4.ClH/c16-14-12(9-5-19-20-6-9)3-4-13(15(14)17)21-10-1-2-11(21)8-18-7-10;/h3-6,10-11,18H,1-2,7-8H2,(H,19,20);1H. The van der Waals surface area contributed by atoms with Gasteiger partial charge in [0, 0.05) is 42.5 Å². The number of H-pyrrole nitrogens is 1. The Morgan fingerprint density at radius 2 is 1.82 bits per heavy atom. The third kappa shape index (κ3) is 2.27. The van der Waals surface area contributed by atoms with Crippen molar-refractivity contribution in [2.75, 3.05) is 18.0 Å². The summed E-state index contributed by atoms with van der Waals surface area (Å²) >= 11 is 0. The van der Waals surface area contributed by atoms with Crippen LogP contribution >= 0.6 is 12.4 Å². The first-order valence-electron chi connectivity index (χ1n) is 7.22. The van der Waals surface area contributed by atoms with Crippen LogP contribution in [0.3, 0.4) is 0 Å². The lowest BCUT2D eigenvalue weighted by molar-refractivity contribution is 0.462. The Morgan fingerprint density at radius 3 is 2.45 bits per heavy atom. The predicted molar refractivity (Wildman–Crippen MR) is 83.3 cm³/mol. The van der Waals surface area contributed by atoms with Gasteiger partial charge in [0.25, 0.3) is 0 Å². The van der Waals surface area contributed by atoms with E-state index in [0.29, 0.717) is 11.3 Å². The Labute approximate surface area is 133 Å². The molecule has 2 unspecified atom stereocenters. The summed E-state index contributed by atoms with van der Waals surface area (Å²) in [5, 5.41) is 9.75. The molecule has 1 aromatic carbocycles. The van der Waals surface area contributed by atoms with Crippen molar-refractivity contribution in [2.45, 2.75) is 24.9 Å². The predicted octanol–water partition coefficient (Wildman–Crippen LogP) is 2.72. The molecular formula is C15H17ClF2N4. The zero-order valence-electron chi connectivity index (χ0n) is 11.9. The molecule has 2 bridgehead atoms. The van der Waals surface area contributed by atoms with E-state index in [1.165, 1.54) is 6.20 Å². The largest absolute Gasteiger partial charge is 0.361 e. The number of rotatable bonds is 2. The van der Waals surface area contributed by atoms with Crippen LogP contribution in [-0.2, 0) is 0 Å². The van der Waals surface area contributed by atoms with Crippen molar-refractivity contribution in [2.24, 2.45) is 0 Å². The lowest BCUT2D eigenvalue weighted by Gasteiger charge is -2.37. The van der Waals surface area contributed by atoms with Gasteiger partial charge < -0.3 is 10.2 Å². The van der Waals surface area contributed by atoms with Gasteiger partial charge in [-0.3, -0.25) is 5.10 Å². The van der Waals surface area contributed by atoms with Gasteiger partial charge in [0.2, 0.25) is 0 Å². The maximum atomic E-state index is 14.5. The van der Waals surface area contributed by atoms with Crippen LogP contribution in [0.4, 0.5) is 14.5 Å². The van der Waals surface area contributed by atoms with Gasteiger partial charge in [-0.25, -0.2) is 8.78 Å². The lowest BCUT2D eigenvalue weighted by Crippen LogP contribution is -2.52. The van der Waals surface area contributed by atoms with Crippen molar-refractivity contribution in [3.05, 3.63) is 36.2 Å². The maximum absolute atomic E-state index is 14.5. The molecule has 0 amide bonds. The topological polar surface area (TPSA) is 44.0 Å². The summed E-state index contributed by atoms with van der Waals surface area (Å²) in [6.07, 6.45) is 5.11. The zero-order chi connectivity index (χ0) is 14.4. The fraction of sp³-hybridized carbons (Fsp3) is 0.400. The van der Waals surface area contributed by atoms with Gasteiger partial charge in [-0.15, -0.1) is 12.4 Å². The second-order valence-electron chi connectivity index (χ2n) is 5.70. The molecule has 4 rings (SSSR count). The van der Waals surface area contributed by atoms with Crippen LogP contribution < -0.4 is 10.2 Å². The molecule has 0 aliphatic carbocycles. The Balaban J connectivity index is 0.00000144. The molecule has 4 nitrogen and oxygen atoms in total. The van der Waals surface area contributed by atoms with Gasteiger partial charge in [-0.05, 0) is 25.0 Å². The number of aromatic nitrogens is 2. The quantitative estimate of drug-likeness (QED) is 0.892. The number of anilines is 1. The molecule has 2 aliphatic heterocycles. The number of piperazine rings is 1. The Kier molecular flexibility index (Phi) is 4.06. The van der Waals surface area contributed by atoms with Crippen LogP contribution in [-0.4, -0.2) is 35.4 Å². The van der Waals surface area contributed by atoms with Gasteiger partial charge in [-0.2, -0.15) is 5.10 Å². The van der Waals surface area contributed by atoms with Crippen molar-refractivity contribution < 1.29 is 8.78 Å². The van der Waals surface area contributed by atoms with Gasteiger partial charge >= 0.3 is 0 Å². The first-order chi connectivity index (χ1) is 10.3. The molecule has 22 heavy (non-hydrogen) atoms. The molecular weight excluding hydrogens is 310 g/mol. The number of hydrogen-bond donors (Lipinski definition) is 2. The van der Waals surface area contributed by atoms with Crippen LogP contribution in [0.5, 0.6) is 0 Å². The first-order valence-corrected chi connectivity index (χ1v) is 7.22. The van der Waals surface area contributed by atoms with Crippen molar-refractivity contribution >= 4 is 18.1 Å². The van der Waals surface area contributed by atoms with E-state index in [1.54, 1.807) is 18.3 Å². The second kappa shape index (κ2) is 5.85. The normalized spacial score (nSPS) is 23.5. The molecule has 2 aromatic rings. The number of aromatic amines is 1. The third-order valence-electron chi connectivity index (χ3n) is 4.53. The highest BCUT2D eigenvalue weighted by molar-refractivity contribution is 5.85. The van der Waals surface area contributed by atoms with E-state index in [4.69, 9.17) is 0 Å². The highest BCUT2D eigenvalue weighted by atomic mass is 35.5. The van der Waals surface area contributed by atoms with E-state index >= 15 is 0 Å². The van der Waals surface area contributed by atoms with Crippen LogP contribution in [0.1, 0.15) is 12.8 Å². The number of fused-ring (bicyclic) bond motifs is 2. The minimum atomic E-state index is -0.799. The van der Waals surface area contributed by atoms with Gasteiger partial charge in [0.05, 0.1) is 11.9 Å². The molecule has 0 spiro atoms. The number of nitrogens with zero attached hydrogens (tertiary/aromatic N) is 2. The minimum Gasteiger partial charge on any atom is -0.361 e. The van der Waals surface area contributed by atoms with E-state index in [2.05, 4.69) is 15.5 Å². The van der Waals surface area contributed by atoms with E-state index in [9.17, 15) is 8.78 Å². The molecule has 2 saturated heterocycles. The van der Waals surface area contributed by atoms with Crippen molar-refractivity contribution in [3.8, 4) is 11.1 Å². The summed E-state index contributed by atoms with van der Waals surface area (Å²) in [6, 6.07) is 3.85. The van der Waals surface area contributed by atoms with E-state index in [0.717, 1.165) is 25.9 Å². The SMILES string of the molecule is Cl.Fc1c(-c2cn[nH]c2)ccc(N2C3CCC2CNC3)c1F. The molecule has 1 aromatic heterocycles. The van der Waals surface area contributed by atoms with Crippen LogP contribution in [0.25, 0.3) is 11.1 Å². The van der Waals surface area contributed by atoms with E-state index in [-0.39, 0.29) is 30.1 Å². The summed E-state index contributed by atoms with van der Waals surface area (Å²) in [4.78, 5) is 2.05. The Morgan fingerprint density at radius 1 is 1.09 bits per heavy atom. The van der Waals surface area contributed by atoms with E-state index < -0.39 is 11.6 Å². The van der Waals surface area contributed by atoms with Gasteiger partial charge in [0.15, 0.2) is 11.6 Å². The first kappa shape index (κ1) is 15.2. The second-order valence-corrected chi connectivity index (χ2v) is 5.70. The highest BCUT2D eigenvalue weighted by Gasteiger charge is 2.38. The molecule has 7 heteroatoms. The molecule has 2 atom stereocenters. The fourth-order valence-electron chi connectivity index (χ4n) is 3.53. The monoisotopic (exact) mass is 326 g/mol. The summed E-state index contributed by atoms with van der Waals surface area (Å²) in [7, 11) is 0. The number of hydrogen-bond acceptors (Lipinski definition) is 3. The average Bonchev–Trinajstić information content (AvgIpc) is 3.09. The molecule has 0 saturated carbocycles. The highest BCUT2D eigenvalue weighted by Crippen LogP contribution is 2.37. The molecule has 2 N–H and O–H groups in total. The lowest BCUT2D eigenvalue weighted by atomic mass is 10.1. The molecule has 118 valence electrons. The molecule has 0 radical (unpaired) electrons. The number of benzene rings is 1. The van der Waals surface area contributed by atoms with Gasteiger partial charge in [0.1, 0.15) is 0 Å². The smallest absolute Gasteiger partial charge is 0.182 e.